The van der Waals surface area contributed by atoms with Gasteiger partial charge in [-0.3, -0.25) is 38.4 Å². The minimum atomic E-state index is -0.139. The van der Waals surface area contributed by atoms with E-state index in [-0.39, 0.29) is 73.7 Å². The molecule has 8 heterocycles. The fourth-order valence-corrected chi connectivity index (χ4v) is 17.4. The minimum absolute atomic E-state index is 0.0180. The summed E-state index contributed by atoms with van der Waals surface area (Å²) >= 11 is 13.4. The second-order valence-corrected chi connectivity index (χ2v) is 35.2. The number of hydrogen-bond acceptors (Lipinski definition) is 16. The molecule has 0 aromatic heterocycles. The maximum Gasteiger partial charge on any atom is 0.263 e. The first-order chi connectivity index (χ1) is 63.0. The largest absolute Gasteiger partial charge is 0.385 e. The predicted octanol–water partition coefficient (Wildman–Crippen LogP) is 18.3. The highest BCUT2D eigenvalue weighted by Gasteiger charge is 2.27. The molecule has 4 saturated heterocycles. The summed E-state index contributed by atoms with van der Waals surface area (Å²) in [6.45, 7) is 24.1. The first kappa shape index (κ1) is 103. The lowest BCUT2D eigenvalue weighted by Gasteiger charge is -2.26. The Morgan fingerprint density at radius 1 is 0.292 bits per heavy atom. The van der Waals surface area contributed by atoms with E-state index in [2.05, 4.69) is 103 Å². The maximum absolute atomic E-state index is 13.0. The van der Waals surface area contributed by atoms with E-state index in [0.29, 0.717) is 107 Å². The summed E-state index contributed by atoms with van der Waals surface area (Å²) in [7, 11) is 0. The SMILES string of the molecule is Cc1cc(C)c2c(c1)CC(=N/OCC(=O)N1CCCCC1)/C=C/CC/C=C/CCNC2=O.Cc1cc(C)c2c(c1)CC(=N\OCC(=O)N1CCCCC1)/C=C/CC/C=C/CCNC2=O.Cc1cc(C)c2c(c1Cl)CC(=N/OCC(=O)N1CCCCC1)/C=C/CC/C=C/CCNC2=O.Cc1cc(C)c2c(c1Cl)CC(=N\OCC(=O)N1CCCCC1)/C=C/CC/C=C/CCNC2=O. The third-order valence-corrected chi connectivity index (χ3v) is 24.6. The Bertz CT molecular complexity index is 4590. The molecule has 4 aromatic carbocycles. The Kier molecular flexibility index (Phi) is 44.7. The number of allylic oxidation sites excluding steroid dienone is 12. The number of hydrogen-bond donors (Lipinski definition) is 4. The van der Waals surface area contributed by atoms with Gasteiger partial charge in [0.1, 0.15) is 0 Å². The summed E-state index contributed by atoms with van der Waals surface area (Å²) < 4.78 is 0. The molecule has 24 nitrogen and oxygen atoms in total. The lowest BCUT2D eigenvalue weighted by Crippen LogP contribution is -2.37. The predicted molar refractivity (Wildman–Crippen MR) is 522 cm³/mol. The fourth-order valence-electron chi connectivity index (χ4n) is 17.0. The van der Waals surface area contributed by atoms with Gasteiger partial charge in [-0.05, 0) is 289 Å². The molecule has 0 spiro atoms. The molecular weight excluding hydrogens is 1680 g/mol. The van der Waals surface area contributed by atoms with Gasteiger partial charge in [-0.2, -0.15) is 0 Å². The van der Waals surface area contributed by atoms with Gasteiger partial charge in [0.2, 0.25) is 0 Å². The number of nitrogens with one attached hydrogen (secondary N) is 4. The highest BCUT2D eigenvalue weighted by atomic mass is 35.5. The van der Waals surface area contributed by atoms with Crippen molar-refractivity contribution >= 4 is 93.3 Å². The molecule has 26 heteroatoms. The Labute approximate surface area is 780 Å². The van der Waals surface area contributed by atoms with Crippen molar-refractivity contribution in [2.24, 2.45) is 20.6 Å². The van der Waals surface area contributed by atoms with E-state index in [0.717, 1.165) is 248 Å². The molecule has 0 aliphatic carbocycles. The van der Waals surface area contributed by atoms with Crippen LogP contribution in [0, 0.1) is 55.4 Å². The van der Waals surface area contributed by atoms with Gasteiger partial charge in [0.25, 0.3) is 47.3 Å². The van der Waals surface area contributed by atoms with Crippen molar-refractivity contribution in [3.8, 4) is 0 Å². The molecule has 4 N–H and O–H groups in total. The second kappa shape index (κ2) is 56.6. The van der Waals surface area contributed by atoms with Gasteiger partial charge in [0, 0.05) is 137 Å². The molecule has 130 heavy (non-hydrogen) atoms. The van der Waals surface area contributed by atoms with Crippen LogP contribution in [0.25, 0.3) is 0 Å². The zero-order chi connectivity index (χ0) is 92.8. The van der Waals surface area contributed by atoms with Gasteiger partial charge in [-0.1, -0.05) is 164 Å². The van der Waals surface area contributed by atoms with E-state index in [1.807, 2.05) is 148 Å². The van der Waals surface area contributed by atoms with Crippen LogP contribution in [-0.2, 0) is 64.2 Å². The second-order valence-electron chi connectivity index (χ2n) is 34.5. The van der Waals surface area contributed by atoms with Gasteiger partial charge in [-0.15, -0.1) is 0 Å². The maximum atomic E-state index is 13.0. The summed E-state index contributed by atoms with van der Waals surface area (Å²) in [5, 5.41) is 30.4. The first-order valence-corrected chi connectivity index (χ1v) is 47.8. The number of nitrogens with zero attached hydrogens (tertiary/aromatic N) is 8. The van der Waals surface area contributed by atoms with E-state index < -0.39 is 0 Å². The average molecular weight is 1820 g/mol. The van der Waals surface area contributed by atoms with Gasteiger partial charge < -0.3 is 60.2 Å². The van der Waals surface area contributed by atoms with E-state index in [9.17, 15) is 38.4 Å². The van der Waals surface area contributed by atoms with Crippen molar-refractivity contribution < 1.29 is 57.7 Å². The number of rotatable bonds is 12. The molecule has 0 radical (unpaired) electrons. The highest BCUT2D eigenvalue weighted by Crippen LogP contribution is 2.32. The van der Waals surface area contributed by atoms with Crippen LogP contribution in [0.1, 0.15) is 262 Å². The molecule has 4 fully saturated rings. The third kappa shape index (κ3) is 34.7. The van der Waals surface area contributed by atoms with Crippen molar-refractivity contribution in [3.05, 3.63) is 233 Å². The number of benzene rings is 4. The molecule has 12 rings (SSSR count). The summed E-state index contributed by atoms with van der Waals surface area (Å²) in [6, 6.07) is 12.0. The topological polar surface area (TPSA) is 284 Å². The number of amides is 8. The fraction of sp³-hybridized carbons (Fsp3) is 0.500. The number of fused-ring (bicyclic) bond motifs is 4. The Balaban J connectivity index is 0.000000195. The number of halogens is 2. The zero-order valence-electron chi connectivity index (χ0n) is 78.0. The van der Waals surface area contributed by atoms with Crippen LogP contribution >= 0.6 is 23.2 Å². The van der Waals surface area contributed by atoms with E-state index in [1.165, 1.54) is 25.7 Å². The van der Waals surface area contributed by atoms with Crippen molar-refractivity contribution in [1.29, 1.82) is 0 Å². The van der Waals surface area contributed by atoms with Crippen LogP contribution in [-0.4, -0.2) is 195 Å². The number of carbonyl (C=O) groups excluding carboxylic acids is 8. The normalized spacial score (nSPS) is 21.1. The molecular formula is C104H138Cl2N12O12. The van der Waals surface area contributed by atoms with Crippen LogP contribution in [0.2, 0.25) is 10.0 Å². The molecule has 8 aliphatic heterocycles. The monoisotopic (exact) mass is 1820 g/mol. The quantitative estimate of drug-likeness (QED) is 0.0761. The van der Waals surface area contributed by atoms with E-state index >= 15 is 0 Å². The van der Waals surface area contributed by atoms with Gasteiger partial charge in [-0.25, -0.2) is 0 Å². The third-order valence-electron chi connectivity index (χ3n) is 23.6. The number of oxime groups is 4. The van der Waals surface area contributed by atoms with Crippen LogP contribution in [0.5, 0.6) is 0 Å². The standard InChI is InChI=1S/2C26H34ClN3O3.2C26H35N3O3/c2*1-19-16-20(2)25(27)22-17-21(29-33-18-23(31)30-14-10-7-11-15-30)12-8-5-3-4-6-9-13-28-26(32)24(19)22;2*1-20-16-21(2)25-22(17-20)18-23(12-8-5-3-4-6-9-13-27-26(25)31)28-32-19-24(30)29-14-10-7-11-15-29/h2*4,6,8,12,16H,3,5,7,9-11,13-15,17-18H2,1-2H3,(H,28,32);2*4,6,8,12,16-17H,3,5,7,9-11,13-15,18-19H2,1-2H3,(H,27,31)/b6-4+,12-8+,29-21+;6-4+,12-8+,29-21-;6-4+,12-8+,28-23+;6-4+,12-8+,28-23-. The van der Waals surface area contributed by atoms with Crippen LogP contribution in [0.3, 0.4) is 0 Å². The summed E-state index contributed by atoms with van der Waals surface area (Å²) in [4.78, 5) is 131. The molecule has 8 aliphatic rings. The number of piperidine rings is 4. The summed E-state index contributed by atoms with van der Waals surface area (Å²) in [5.74, 6) is -0.526. The van der Waals surface area contributed by atoms with E-state index in [1.54, 1.807) is 0 Å². The Morgan fingerprint density at radius 3 is 0.792 bits per heavy atom. The van der Waals surface area contributed by atoms with Gasteiger partial charge in [0.05, 0.1) is 22.8 Å². The van der Waals surface area contributed by atoms with Crippen molar-refractivity contribution in [1.82, 2.24) is 40.9 Å². The average Bonchev–Trinajstić information content (AvgIpc) is 0.806. The molecule has 700 valence electrons. The molecule has 8 amide bonds. The van der Waals surface area contributed by atoms with Gasteiger partial charge >= 0.3 is 0 Å². The Hall–Kier alpha value is -11.0. The number of likely N-dealkylation sites (tertiary alicyclic amines) is 4. The first-order valence-electron chi connectivity index (χ1n) is 47.1. The smallest absolute Gasteiger partial charge is 0.263 e. The van der Waals surface area contributed by atoms with Crippen LogP contribution in [0.15, 0.2) is 154 Å². The van der Waals surface area contributed by atoms with E-state index in [4.69, 9.17) is 42.6 Å². The highest BCUT2D eigenvalue weighted by molar-refractivity contribution is 6.33. The molecule has 4 aromatic rings. The molecule has 0 unspecified atom stereocenters. The zero-order valence-corrected chi connectivity index (χ0v) is 79.6. The lowest BCUT2D eigenvalue weighted by atomic mass is 9.94. The molecule has 0 atom stereocenters. The minimum Gasteiger partial charge on any atom is -0.385 e. The molecule has 0 bridgehead atoms. The van der Waals surface area contributed by atoms with Crippen molar-refractivity contribution in [2.45, 2.75) is 235 Å². The summed E-state index contributed by atoms with van der Waals surface area (Å²) in [5.41, 5.74) is 16.2. The van der Waals surface area contributed by atoms with Crippen molar-refractivity contribution in [3.63, 3.8) is 0 Å². The number of aryl methyl sites for hydroxylation is 8. The lowest BCUT2D eigenvalue weighted by molar-refractivity contribution is -0.137. The number of carbonyl (C=O) groups is 8. The Morgan fingerprint density at radius 2 is 0.523 bits per heavy atom. The van der Waals surface area contributed by atoms with Crippen molar-refractivity contribution in [2.75, 3.05) is 105 Å². The summed E-state index contributed by atoms with van der Waals surface area (Å²) in [6.07, 6.45) is 57.9. The molecule has 0 saturated carbocycles. The van der Waals surface area contributed by atoms with Crippen LogP contribution < -0.4 is 21.3 Å². The van der Waals surface area contributed by atoms with Crippen LogP contribution in [0.4, 0.5) is 0 Å². The van der Waals surface area contributed by atoms with Gasteiger partial charge in [0.15, 0.2) is 26.4 Å².